The van der Waals surface area contributed by atoms with Crippen molar-refractivity contribution < 1.29 is 37.5 Å². The van der Waals surface area contributed by atoms with Gasteiger partial charge in [-0.3, -0.25) is 6.29 Å². The van der Waals surface area contributed by atoms with Crippen molar-refractivity contribution in [3.8, 4) is 0 Å². The van der Waals surface area contributed by atoms with Crippen LogP contribution in [0.2, 0.25) is 0 Å². The molecular formula is C7H14OY-2. The summed E-state index contributed by atoms with van der Waals surface area (Å²) >= 11 is 0. The summed E-state index contributed by atoms with van der Waals surface area (Å²) in [6.07, 6.45) is 2.81. The molecule has 0 bridgehead atoms. The quantitative estimate of drug-likeness (QED) is 0.627. The molecule has 53 valence electrons. The Labute approximate surface area is 83.5 Å². The average molecular weight is 203 g/mol. The Hall–Kier alpha value is 0.774. The fourth-order valence-corrected chi connectivity index (χ4v) is 0.0722. The molecule has 0 aromatic heterocycles. The molecule has 0 saturated heterocycles. The minimum atomic E-state index is -0.222. The van der Waals surface area contributed by atoms with Crippen LogP contribution in [0.1, 0.15) is 27.2 Å². The molecule has 0 aliphatic rings. The van der Waals surface area contributed by atoms with Gasteiger partial charge in [-0.05, 0) is 0 Å². The van der Waals surface area contributed by atoms with Crippen LogP contribution in [-0.4, -0.2) is 6.29 Å². The Bertz CT molecular complexity index is 69.3. The molecule has 2 heteroatoms. The third-order valence-corrected chi connectivity index (χ3v) is 1.16. The Morgan fingerprint density at radius 1 is 1.44 bits per heavy atom. The summed E-state index contributed by atoms with van der Waals surface area (Å²) in [4.78, 5) is 9.93. The molecule has 0 fully saturated rings. The zero-order valence-corrected chi connectivity index (χ0v) is 9.53. The van der Waals surface area contributed by atoms with Crippen LogP contribution in [0.25, 0.3) is 0 Å². The van der Waals surface area contributed by atoms with Crippen molar-refractivity contribution in [2.45, 2.75) is 27.2 Å². The first-order chi connectivity index (χ1) is 3.12. The van der Waals surface area contributed by atoms with Crippen LogP contribution in [0.3, 0.4) is 0 Å². The molecule has 0 spiro atoms. The van der Waals surface area contributed by atoms with Crippen LogP contribution in [0, 0.1) is 12.8 Å². The standard InChI is InChI=1S/C6H11O.CH3.Y/c1-4-6(2,3)5-7;;/h4H2,1-3H3;1H3;/q2*-1;. The first-order valence-electron chi connectivity index (χ1n) is 2.51. The SMILES string of the molecule is CCC(C)(C)[C-]=O.[CH3-].[Y]. The van der Waals surface area contributed by atoms with Crippen LogP contribution in [0.15, 0.2) is 0 Å². The molecule has 0 aliphatic carbocycles. The van der Waals surface area contributed by atoms with Crippen molar-refractivity contribution in [3.05, 3.63) is 7.43 Å². The van der Waals surface area contributed by atoms with E-state index in [0.717, 1.165) is 6.42 Å². The van der Waals surface area contributed by atoms with Gasteiger partial charge in [0.15, 0.2) is 0 Å². The second-order valence-corrected chi connectivity index (χ2v) is 2.34. The second-order valence-electron chi connectivity index (χ2n) is 2.34. The van der Waals surface area contributed by atoms with Gasteiger partial charge in [-0.2, -0.15) is 0 Å². The maximum absolute atomic E-state index is 9.93. The van der Waals surface area contributed by atoms with E-state index in [-0.39, 0.29) is 45.6 Å². The van der Waals surface area contributed by atoms with E-state index in [4.69, 9.17) is 0 Å². The van der Waals surface area contributed by atoms with E-state index in [1.807, 2.05) is 27.1 Å². The summed E-state index contributed by atoms with van der Waals surface area (Å²) in [5, 5.41) is 0. The van der Waals surface area contributed by atoms with Crippen molar-refractivity contribution in [1.29, 1.82) is 0 Å². The van der Waals surface area contributed by atoms with Crippen LogP contribution in [-0.2, 0) is 37.5 Å². The van der Waals surface area contributed by atoms with Crippen molar-refractivity contribution in [2.24, 2.45) is 5.41 Å². The number of rotatable bonds is 2. The summed E-state index contributed by atoms with van der Waals surface area (Å²) in [6.45, 7) is 5.73. The number of carbonyl (C=O) groups excluding carboxylic acids is 1. The second kappa shape index (κ2) is 6.89. The van der Waals surface area contributed by atoms with E-state index in [1.165, 1.54) is 0 Å². The molecule has 0 saturated carbocycles. The first-order valence-corrected chi connectivity index (χ1v) is 2.51. The Balaban J connectivity index is -0.000000180. The summed E-state index contributed by atoms with van der Waals surface area (Å²) < 4.78 is 0. The Kier molecular flexibility index (Phi) is 12.5. The third kappa shape index (κ3) is 8.77. The van der Waals surface area contributed by atoms with Gasteiger partial charge in [-0.15, -0.1) is 5.41 Å². The normalized spacial score (nSPS) is 8.78. The third-order valence-electron chi connectivity index (χ3n) is 1.16. The molecule has 0 atom stereocenters. The van der Waals surface area contributed by atoms with Gasteiger partial charge >= 0.3 is 0 Å². The van der Waals surface area contributed by atoms with Gasteiger partial charge < -0.3 is 12.2 Å². The van der Waals surface area contributed by atoms with Crippen molar-refractivity contribution in [2.75, 3.05) is 0 Å². The van der Waals surface area contributed by atoms with Crippen LogP contribution >= 0.6 is 0 Å². The fraction of sp³-hybridized carbons (Fsp3) is 0.714. The average Bonchev–Trinajstić information content (AvgIpc) is 1.68. The molecule has 0 amide bonds. The van der Waals surface area contributed by atoms with Crippen molar-refractivity contribution in [1.82, 2.24) is 0 Å². The van der Waals surface area contributed by atoms with E-state index in [9.17, 15) is 4.79 Å². The van der Waals surface area contributed by atoms with Gasteiger partial charge in [0.2, 0.25) is 0 Å². The zero-order valence-electron chi connectivity index (χ0n) is 6.69. The number of hydrogen-bond acceptors (Lipinski definition) is 1. The smallest absolute Gasteiger partial charge is 0 e. The molecule has 9 heavy (non-hydrogen) atoms. The minimum Gasteiger partial charge on any atom is -0.541 e. The molecular weight excluding hydrogens is 189 g/mol. The van der Waals surface area contributed by atoms with E-state index in [2.05, 4.69) is 0 Å². The maximum Gasteiger partial charge on any atom is 0 e. The minimum absolute atomic E-state index is 0. The van der Waals surface area contributed by atoms with Crippen molar-refractivity contribution in [3.63, 3.8) is 0 Å². The predicted molar refractivity (Wildman–Crippen MR) is 36.2 cm³/mol. The summed E-state index contributed by atoms with van der Waals surface area (Å²) in [5.41, 5.74) is -0.222. The van der Waals surface area contributed by atoms with Crippen molar-refractivity contribution >= 4 is 6.29 Å². The topological polar surface area (TPSA) is 17.1 Å². The molecule has 0 aliphatic heterocycles. The van der Waals surface area contributed by atoms with Crippen LogP contribution in [0.5, 0.6) is 0 Å². The molecule has 0 heterocycles. The molecule has 0 aromatic rings. The summed E-state index contributed by atoms with van der Waals surface area (Å²) in [6, 6.07) is 0. The van der Waals surface area contributed by atoms with Crippen LogP contribution < -0.4 is 0 Å². The Morgan fingerprint density at radius 3 is 1.78 bits per heavy atom. The monoisotopic (exact) mass is 203 g/mol. The maximum atomic E-state index is 9.93. The van der Waals surface area contributed by atoms with Gasteiger partial charge in [-0.25, -0.2) is 0 Å². The zero-order chi connectivity index (χ0) is 5.91. The molecule has 0 N–H and O–H groups in total. The predicted octanol–water partition coefficient (Wildman–Crippen LogP) is 1.98. The molecule has 0 rings (SSSR count). The molecule has 1 nitrogen and oxygen atoms in total. The Morgan fingerprint density at radius 2 is 1.78 bits per heavy atom. The van der Waals surface area contributed by atoms with Gasteiger partial charge in [0.1, 0.15) is 0 Å². The van der Waals surface area contributed by atoms with E-state index in [1.54, 1.807) is 0 Å². The van der Waals surface area contributed by atoms with E-state index >= 15 is 0 Å². The molecule has 0 unspecified atom stereocenters. The number of hydrogen-bond donors (Lipinski definition) is 0. The van der Waals surface area contributed by atoms with E-state index in [0.29, 0.717) is 0 Å². The summed E-state index contributed by atoms with van der Waals surface area (Å²) in [5.74, 6) is 0. The fourth-order valence-electron chi connectivity index (χ4n) is 0.0722. The molecule has 0 aromatic carbocycles. The van der Waals surface area contributed by atoms with Gasteiger partial charge in [0.05, 0.1) is 0 Å². The van der Waals surface area contributed by atoms with E-state index < -0.39 is 0 Å². The van der Waals surface area contributed by atoms with Crippen LogP contribution in [0.4, 0.5) is 0 Å². The largest absolute Gasteiger partial charge is 0.541 e. The molecule has 1 radical (unpaired) electrons. The summed E-state index contributed by atoms with van der Waals surface area (Å²) in [7, 11) is 0. The van der Waals surface area contributed by atoms with Gasteiger partial charge in [0, 0.05) is 32.7 Å². The van der Waals surface area contributed by atoms with Gasteiger partial charge in [0.25, 0.3) is 0 Å². The first kappa shape index (κ1) is 16.4. The van der Waals surface area contributed by atoms with Gasteiger partial charge in [-0.1, -0.05) is 27.2 Å².